The quantitative estimate of drug-likeness (QED) is 0.712. The van der Waals surface area contributed by atoms with Gasteiger partial charge in [0, 0.05) is 6.54 Å². The van der Waals surface area contributed by atoms with Crippen molar-refractivity contribution in [1.29, 1.82) is 0 Å². The summed E-state index contributed by atoms with van der Waals surface area (Å²) in [5, 5.41) is 7.96. The minimum absolute atomic E-state index is 0.166. The number of amides is 1. The number of aryl methyl sites for hydroxylation is 1. The van der Waals surface area contributed by atoms with Gasteiger partial charge in [0.25, 0.3) is 0 Å². The Morgan fingerprint density at radius 1 is 1.50 bits per heavy atom. The van der Waals surface area contributed by atoms with Crippen LogP contribution < -0.4 is 5.73 Å². The van der Waals surface area contributed by atoms with Crippen molar-refractivity contribution in [3.8, 4) is 0 Å². The summed E-state index contributed by atoms with van der Waals surface area (Å²) < 4.78 is 1.82. The summed E-state index contributed by atoms with van der Waals surface area (Å²) in [4.78, 5) is 12.9. The number of primary amides is 1. The molecule has 1 aromatic heterocycles. The Morgan fingerprint density at radius 2 is 2.19 bits per heavy atom. The molecule has 6 nitrogen and oxygen atoms in total. The average Bonchev–Trinajstić information content (AvgIpc) is 2.48. The molecule has 0 aromatic carbocycles. The van der Waals surface area contributed by atoms with E-state index in [1.165, 1.54) is 0 Å². The smallest absolute Gasteiger partial charge is 0.223 e. The van der Waals surface area contributed by atoms with Gasteiger partial charge in [-0.15, -0.1) is 5.10 Å². The van der Waals surface area contributed by atoms with E-state index in [-0.39, 0.29) is 12.3 Å². The van der Waals surface area contributed by atoms with Gasteiger partial charge in [-0.2, -0.15) is 0 Å². The topological polar surface area (TPSA) is 77.0 Å². The average molecular weight is 225 g/mol. The van der Waals surface area contributed by atoms with Gasteiger partial charge in [0.05, 0.1) is 17.8 Å². The Morgan fingerprint density at radius 3 is 2.75 bits per heavy atom. The molecule has 2 N–H and O–H groups in total. The lowest BCUT2D eigenvalue weighted by molar-refractivity contribution is -0.117. The van der Waals surface area contributed by atoms with E-state index in [1.54, 1.807) is 0 Å². The van der Waals surface area contributed by atoms with Gasteiger partial charge in [-0.25, -0.2) is 4.68 Å². The third kappa shape index (κ3) is 3.62. The van der Waals surface area contributed by atoms with E-state index in [2.05, 4.69) is 15.2 Å². The van der Waals surface area contributed by atoms with Gasteiger partial charge in [-0.1, -0.05) is 5.21 Å². The Balaban J connectivity index is 2.54. The van der Waals surface area contributed by atoms with E-state index in [9.17, 15) is 4.79 Å². The van der Waals surface area contributed by atoms with Gasteiger partial charge in [0.1, 0.15) is 0 Å². The highest BCUT2D eigenvalue weighted by atomic mass is 16.1. The van der Waals surface area contributed by atoms with E-state index in [0.29, 0.717) is 5.69 Å². The van der Waals surface area contributed by atoms with Crippen LogP contribution in [-0.4, -0.2) is 46.4 Å². The normalized spacial score (nSPS) is 11.0. The van der Waals surface area contributed by atoms with Crippen LogP contribution >= 0.6 is 0 Å². The van der Waals surface area contributed by atoms with Crippen molar-refractivity contribution >= 4 is 5.91 Å². The molecule has 1 aromatic rings. The fraction of sp³-hybridized carbons (Fsp3) is 0.700. The molecule has 0 fully saturated rings. The van der Waals surface area contributed by atoms with Gasteiger partial charge in [0.2, 0.25) is 5.91 Å². The largest absolute Gasteiger partial charge is 0.369 e. The van der Waals surface area contributed by atoms with E-state index >= 15 is 0 Å². The zero-order chi connectivity index (χ0) is 12.1. The van der Waals surface area contributed by atoms with E-state index in [1.807, 2.05) is 25.7 Å². The number of nitrogens with zero attached hydrogens (tertiary/aromatic N) is 4. The molecule has 0 saturated heterocycles. The third-order valence-electron chi connectivity index (χ3n) is 2.40. The van der Waals surface area contributed by atoms with Crippen LogP contribution in [0.3, 0.4) is 0 Å². The van der Waals surface area contributed by atoms with Crippen LogP contribution in [0.5, 0.6) is 0 Å². The highest BCUT2D eigenvalue weighted by molar-refractivity contribution is 5.76. The number of hydrogen-bond acceptors (Lipinski definition) is 4. The molecule has 16 heavy (non-hydrogen) atoms. The second-order valence-corrected chi connectivity index (χ2v) is 4.14. The summed E-state index contributed by atoms with van der Waals surface area (Å²) in [5.74, 6) is -0.372. The summed E-state index contributed by atoms with van der Waals surface area (Å²) in [5.41, 5.74) is 6.73. The SMILES string of the molecule is Cc1c(CC(N)=O)nnn1CCCN(C)C. The highest BCUT2D eigenvalue weighted by Crippen LogP contribution is 2.05. The lowest BCUT2D eigenvalue weighted by Gasteiger charge is -2.09. The second-order valence-electron chi connectivity index (χ2n) is 4.14. The maximum Gasteiger partial charge on any atom is 0.223 e. The Hall–Kier alpha value is -1.43. The minimum Gasteiger partial charge on any atom is -0.369 e. The van der Waals surface area contributed by atoms with Crippen molar-refractivity contribution < 1.29 is 4.79 Å². The van der Waals surface area contributed by atoms with E-state index in [4.69, 9.17) is 5.73 Å². The number of nitrogens with two attached hydrogens (primary N) is 1. The monoisotopic (exact) mass is 225 g/mol. The molecule has 0 bridgehead atoms. The number of hydrogen-bond donors (Lipinski definition) is 1. The van der Waals surface area contributed by atoms with Crippen molar-refractivity contribution in [2.24, 2.45) is 5.73 Å². The molecule has 1 amide bonds. The molecular formula is C10H19N5O. The van der Waals surface area contributed by atoms with Crippen molar-refractivity contribution in [3.63, 3.8) is 0 Å². The zero-order valence-corrected chi connectivity index (χ0v) is 10.1. The molecule has 0 aliphatic carbocycles. The van der Waals surface area contributed by atoms with Crippen LogP contribution in [-0.2, 0) is 17.8 Å². The molecule has 6 heteroatoms. The van der Waals surface area contributed by atoms with Crippen LogP contribution in [0.1, 0.15) is 17.8 Å². The predicted octanol–water partition coefficient (Wildman–Crippen LogP) is -0.434. The summed E-state index contributed by atoms with van der Waals surface area (Å²) in [6.07, 6.45) is 1.17. The zero-order valence-electron chi connectivity index (χ0n) is 10.1. The second kappa shape index (κ2) is 5.60. The van der Waals surface area contributed by atoms with Crippen LogP contribution in [0.4, 0.5) is 0 Å². The molecule has 0 spiro atoms. The molecule has 1 heterocycles. The summed E-state index contributed by atoms with van der Waals surface area (Å²) in [6.45, 7) is 3.73. The van der Waals surface area contributed by atoms with Gasteiger partial charge in [-0.3, -0.25) is 4.79 Å². The fourth-order valence-corrected chi connectivity index (χ4v) is 1.47. The highest BCUT2D eigenvalue weighted by Gasteiger charge is 2.10. The first-order valence-corrected chi connectivity index (χ1v) is 5.32. The summed E-state index contributed by atoms with van der Waals surface area (Å²) >= 11 is 0. The number of carbonyl (C=O) groups is 1. The van der Waals surface area contributed by atoms with Crippen molar-refractivity contribution in [3.05, 3.63) is 11.4 Å². The van der Waals surface area contributed by atoms with Crippen molar-refractivity contribution in [2.45, 2.75) is 26.3 Å². The lowest BCUT2D eigenvalue weighted by Crippen LogP contribution is -2.16. The molecule has 0 aliphatic rings. The summed E-state index contributed by atoms with van der Waals surface area (Å²) in [6, 6.07) is 0. The number of aromatic nitrogens is 3. The fourth-order valence-electron chi connectivity index (χ4n) is 1.47. The molecular weight excluding hydrogens is 206 g/mol. The van der Waals surface area contributed by atoms with Crippen LogP contribution in [0.15, 0.2) is 0 Å². The van der Waals surface area contributed by atoms with Crippen LogP contribution in [0, 0.1) is 6.92 Å². The van der Waals surface area contributed by atoms with E-state index < -0.39 is 0 Å². The van der Waals surface area contributed by atoms with Crippen LogP contribution in [0.25, 0.3) is 0 Å². The molecule has 1 rings (SSSR count). The van der Waals surface area contributed by atoms with E-state index in [0.717, 1.165) is 25.2 Å². The Kier molecular flexibility index (Phi) is 4.42. The molecule has 0 atom stereocenters. The number of rotatable bonds is 6. The Bertz CT molecular complexity index is 358. The van der Waals surface area contributed by atoms with Gasteiger partial charge >= 0.3 is 0 Å². The first-order valence-electron chi connectivity index (χ1n) is 5.32. The molecule has 0 aliphatic heterocycles. The maximum absolute atomic E-state index is 10.8. The summed E-state index contributed by atoms with van der Waals surface area (Å²) in [7, 11) is 4.07. The first-order chi connectivity index (χ1) is 7.50. The minimum atomic E-state index is -0.372. The lowest BCUT2D eigenvalue weighted by atomic mass is 10.2. The van der Waals surface area contributed by atoms with Crippen LogP contribution in [0.2, 0.25) is 0 Å². The Labute approximate surface area is 95.4 Å². The predicted molar refractivity (Wildman–Crippen MR) is 60.8 cm³/mol. The molecule has 90 valence electrons. The first kappa shape index (κ1) is 12.6. The van der Waals surface area contributed by atoms with Gasteiger partial charge in [0.15, 0.2) is 0 Å². The molecule has 0 unspecified atom stereocenters. The molecule has 0 saturated carbocycles. The third-order valence-corrected chi connectivity index (χ3v) is 2.40. The number of carbonyl (C=O) groups excluding carboxylic acids is 1. The molecule has 0 radical (unpaired) electrons. The van der Waals surface area contributed by atoms with Crippen molar-refractivity contribution in [2.75, 3.05) is 20.6 Å². The maximum atomic E-state index is 10.8. The van der Waals surface area contributed by atoms with Gasteiger partial charge in [-0.05, 0) is 34.0 Å². The standard InChI is InChI=1S/C10H19N5O/c1-8-9(7-10(11)16)12-13-15(8)6-4-5-14(2)3/h4-7H2,1-3H3,(H2,11,16). The van der Waals surface area contributed by atoms with Crippen molar-refractivity contribution in [1.82, 2.24) is 19.9 Å². The van der Waals surface area contributed by atoms with Gasteiger partial charge < -0.3 is 10.6 Å².